The number of Topliss-reactive ketones (excluding diaryl/α,β-unsaturated/α-hetero) is 1. The number of carbonyl (C=O) groups is 3. The number of aromatic nitrogens is 2. The molecule has 4 aromatic rings. The summed E-state index contributed by atoms with van der Waals surface area (Å²) >= 11 is 1.54. The minimum Gasteiger partial charge on any atom is -0.488 e. The van der Waals surface area contributed by atoms with E-state index in [1.165, 1.54) is 6.07 Å². The van der Waals surface area contributed by atoms with Gasteiger partial charge in [-0.25, -0.2) is 22.8 Å². The highest BCUT2D eigenvalue weighted by Gasteiger charge is 2.62. The number of ether oxygens (including phenoxy) is 1. The summed E-state index contributed by atoms with van der Waals surface area (Å²) < 4.78 is 46.7. The van der Waals surface area contributed by atoms with Gasteiger partial charge in [0.05, 0.1) is 34.0 Å². The third-order valence-electron chi connectivity index (χ3n) is 13.6. The fourth-order valence-electron chi connectivity index (χ4n) is 8.54. The average molecular weight is 913 g/mol. The molecule has 2 aromatic carbocycles. The van der Waals surface area contributed by atoms with Gasteiger partial charge in [0.2, 0.25) is 21.8 Å². The number of halogens is 1. The maximum Gasteiger partial charge on any atom is 0.240 e. The number of hydrogen-bond donors (Lipinski definition) is 1. The van der Waals surface area contributed by atoms with E-state index in [9.17, 15) is 27.2 Å². The van der Waals surface area contributed by atoms with Gasteiger partial charge in [0.1, 0.15) is 28.4 Å². The van der Waals surface area contributed by atoms with Crippen LogP contribution in [0.4, 0.5) is 4.39 Å². The smallest absolute Gasteiger partial charge is 0.240 e. The van der Waals surface area contributed by atoms with Gasteiger partial charge < -0.3 is 9.64 Å². The van der Waals surface area contributed by atoms with Crippen molar-refractivity contribution in [2.24, 2.45) is 17.3 Å². The molecule has 344 valence electrons. The number of hydrogen-bond acceptors (Lipinski definition) is 9. The van der Waals surface area contributed by atoms with Crippen LogP contribution in [-0.2, 0) is 24.4 Å². The number of sulfonamides is 1. The molecule has 2 saturated carbocycles. The number of unbranched alkanes of at least 4 members (excludes halogenated alkanes) is 3. The lowest BCUT2D eigenvalue weighted by molar-refractivity contribution is -0.142. The van der Waals surface area contributed by atoms with Crippen LogP contribution >= 0.6 is 11.3 Å². The third-order valence-corrected chi connectivity index (χ3v) is 16.6. The monoisotopic (exact) mass is 912 g/mol. The van der Waals surface area contributed by atoms with Crippen molar-refractivity contribution in [3.05, 3.63) is 101 Å². The largest absolute Gasteiger partial charge is 0.488 e. The van der Waals surface area contributed by atoms with Crippen LogP contribution in [0.2, 0.25) is 0 Å². The average Bonchev–Trinajstić information content (AvgIpc) is 4.05. The highest BCUT2D eigenvalue weighted by Crippen LogP contribution is 2.57. The number of thiazole rings is 1. The van der Waals surface area contributed by atoms with E-state index in [2.05, 4.69) is 44.0 Å². The van der Waals surface area contributed by atoms with Crippen molar-refractivity contribution in [3.63, 3.8) is 0 Å². The second-order valence-corrected chi connectivity index (χ2v) is 21.7. The molecule has 3 aliphatic rings. The molecule has 0 spiro atoms. The number of aryl methyl sites for hydroxylation is 3. The number of allylic oxidation sites excluding steroid dienone is 2. The number of rotatable bonds is 19. The highest BCUT2D eigenvalue weighted by molar-refractivity contribution is 7.91. The summed E-state index contributed by atoms with van der Waals surface area (Å²) in [6.07, 6.45) is 9.52. The van der Waals surface area contributed by atoms with Gasteiger partial charge in [-0.05, 0) is 113 Å². The molecule has 3 heterocycles. The van der Waals surface area contributed by atoms with Crippen LogP contribution in [0.1, 0.15) is 127 Å². The molecule has 13 heteroatoms. The minimum atomic E-state index is -3.91. The van der Waals surface area contributed by atoms with Crippen molar-refractivity contribution in [1.29, 1.82) is 0 Å². The predicted octanol–water partition coefficient (Wildman–Crippen LogP) is 10.9. The van der Waals surface area contributed by atoms with E-state index in [1.807, 2.05) is 44.2 Å². The fraction of sp³-hybridized carbons (Fsp3) is 0.510. The van der Waals surface area contributed by atoms with Crippen molar-refractivity contribution in [3.8, 4) is 16.5 Å². The van der Waals surface area contributed by atoms with E-state index in [0.29, 0.717) is 49.1 Å². The van der Waals surface area contributed by atoms with Gasteiger partial charge in [0.15, 0.2) is 5.78 Å². The Kier molecular flexibility index (Phi) is 15.4. The molecule has 2 aromatic heterocycles. The van der Waals surface area contributed by atoms with Crippen molar-refractivity contribution in [2.45, 2.75) is 142 Å². The van der Waals surface area contributed by atoms with Crippen LogP contribution in [0.5, 0.6) is 5.75 Å². The first-order valence-electron chi connectivity index (χ1n) is 22.8. The number of amides is 2. The van der Waals surface area contributed by atoms with Crippen molar-refractivity contribution in [1.82, 2.24) is 19.6 Å². The van der Waals surface area contributed by atoms with E-state index in [-0.39, 0.29) is 54.6 Å². The van der Waals surface area contributed by atoms with E-state index in [1.54, 1.807) is 48.3 Å². The first-order valence-corrected chi connectivity index (χ1v) is 25.1. The molecule has 2 amide bonds. The molecule has 64 heavy (non-hydrogen) atoms. The summed E-state index contributed by atoms with van der Waals surface area (Å²) in [6, 6.07) is 11.8. The first kappa shape index (κ1) is 48.7. The second kappa shape index (κ2) is 20.2. The summed E-state index contributed by atoms with van der Waals surface area (Å²) in [5.74, 6) is -0.890. The number of fused-ring (bicyclic) bond motifs is 1. The Hall–Kier alpha value is -4.75. The normalized spacial score (nSPS) is 21.5. The third kappa shape index (κ3) is 10.7. The van der Waals surface area contributed by atoms with Gasteiger partial charge in [0.25, 0.3) is 0 Å². The molecule has 1 aliphatic heterocycles. The van der Waals surface area contributed by atoms with Crippen LogP contribution in [0, 0.1) is 43.8 Å². The summed E-state index contributed by atoms with van der Waals surface area (Å²) in [6.45, 7) is 21.6. The minimum absolute atomic E-state index is 0.0878. The van der Waals surface area contributed by atoms with E-state index in [4.69, 9.17) is 14.7 Å². The van der Waals surface area contributed by atoms with Gasteiger partial charge in [-0.3, -0.25) is 19.1 Å². The summed E-state index contributed by atoms with van der Waals surface area (Å²) in [5.41, 5.74) is 4.11. The number of likely N-dealkylation sites (tertiary alicyclic amines) is 1. The van der Waals surface area contributed by atoms with Crippen LogP contribution in [0.3, 0.4) is 0 Å². The van der Waals surface area contributed by atoms with Crippen molar-refractivity contribution >= 4 is 49.9 Å². The van der Waals surface area contributed by atoms with Crippen LogP contribution < -0.4 is 9.46 Å². The zero-order chi connectivity index (χ0) is 46.6. The number of carbonyl (C=O) groups excluding carboxylic acids is 3. The lowest BCUT2D eigenvalue weighted by Crippen LogP contribution is -2.47. The molecular formula is C51H65FN4O6S2. The zero-order valence-corrected chi connectivity index (χ0v) is 40.2. The molecule has 1 saturated heterocycles. The molecule has 3 fully saturated rings. The maximum atomic E-state index is 14.5. The molecule has 0 bridgehead atoms. The highest BCUT2D eigenvalue weighted by atomic mass is 32.2. The Labute approximate surface area is 383 Å². The fourth-order valence-corrected chi connectivity index (χ4v) is 10.8. The van der Waals surface area contributed by atoms with Gasteiger partial charge in [-0.15, -0.1) is 24.5 Å². The number of pyridine rings is 1. The van der Waals surface area contributed by atoms with Gasteiger partial charge in [-0.2, -0.15) is 0 Å². The molecule has 1 N–H and O–H groups in total. The molecule has 0 radical (unpaired) electrons. The molecule has 5 atom stereocenters. The summed E-state index contributed by atoms with van der Waals surface area (Å²) in [4.78, 5) is 54.4. The van der Waals surface area contributed by atoms with Gasteiger partial charge >= 0.3 is 0 Å². The van der Waals surface area contributed by atoms with Crippen LogP contribution in [-0.4, -0.2) is 64.3 Å². The number of benzene rings is 2. The Morgan fingerprint density at radius 3 is 2.38 bits per heavy atom. The second-order valence-electron chi connectivity index (χ2n) is 18.6. The zero-order valence-electron chi connectivity index (χ0n) is 38.5. The predicted molar refractivity (Wildman–Crippen MR) is 254 cm³/mol. The van der Waals surface area contributed by atoms with E-state index >= 15 is 0 Å². The number of nitrogens with zero attached hydrogens (tertiary/aromatic N) is 3. The Balaban J connectivity index is 0.000000766. The Morgan fingerprint density at radius 1 is 1.05 bits per heavy atom. The van der Waals surface area contributed by atoms with E-state index in [0.717, 1.165) is 58.4 Å². The number of ketones is 1. The van der Waals surface area contributed by atoms with Crippen molar-refractivity contribution < 1.29 is 31.9 Å². The van der Waals surface area contributed by atoms with Crippen LogP contribution in [0.25, 0.3) is 21.6 Å². The van der Waals surface area contributed by atoms with Crippen molar-refractivity contribution in [2.75, 3.05) is 6.54 Å². The maximum absolute atomic E-state index is 14.5. The lowest BCUT2D eigenvalue weighted by Gasteiger charge is -2.29. The van der Waals surface area contributed by atoms with Crippen LogP contribution in [0.15, 0.2) is 73.2 Å². The molecule has 2 aliphatic carbocycles. The molecule has 1 unspecified atom stereocenters. The van der Waals surface area contributed by atoms with Gasteiger partial charge in [-0.1, -0.05) is 70.0 Å². The Morgan fingerprint density at radius 2 is 1.78 bits per heavy atom. The first-order chi connectivity index (χ1) is 30.4. The Bertz CT molecular complexity index is 2480. The molecular weight excluding hydrogens is 848 g/mol. The molecule has 7 rings (SSSR count). The van der Waals surface area contributed by atoms with E-state index < -0.39 is 38.2 Å². The SMILES string of the molecule is C=CCCCCC[C@H](CC)C(=O)N1CC(Oc2cc(-c3nc(C(C)C)cs3)nc3c(C)c(C)ccc23)C[C@H]1C(=O)C[C@]1(C(=O)NS(=O)(=O)C2(C)CC2)C[C@H]1C=C.Cc1ccccc1F. The summed E-state index contributed by atoms with van der Waals surface area (Å²) in [7, 11) is -3.91. The lowest BCUT2D eigenvalue weighted by atomic mass is 9.90. The standard InChI is InChI=1S/C44H58N4O6S2.C7H7F/c1-9-12-13-14-15-16-30(10-2)41(50)48-25-32(21-36(48)37(49)24-44(23-31(44)11-3)42(51)47-56(52,53)43(8)19-20-43)54-38-22-34(40-46-35(26-55-40)27(4)5)45-39-29(7)28(6)17-18-33(38)39;1-6-4-2-3-5-7(6)8/h9,11,17-18,22,26-27,30-32,36H,1,3,10,12-16,19-21,23-25H2,2,4-8H3,(H,47,51);2-5H,1H3/t30-,31+,32?,36-,44+;/m0./s1. The van der Waals surface area contributed by atoms with Gasteiger partial charge in [0, 0.05) is 35.6 Å². The topological polar surface area (TPSA) is 136 Å². The summed E-state index contributed by atoms with van der Waals surface area (Å²) in [5, 5.41) is 3.68. The number of nitrogens with one attached hydrogen (secondary N) is 1. The molecule has 10 nitrogen and oxygen atoms in total. The quantitative estimate of drug-likeness (QED) is 0.0726.